The van der Waals surface area contributed by atoms with Crippen molar-refractivity contribution in [1.29, 1.82) is 0 Å². The Hall–Kier alpha value is -5.28. The minimum absolute atomic E-state index is 0.0983. The van der Waals surface area contributed by atoms with Crippen LogP contribution in [-0.4, -0.2) is 0 Å². The predicted octanol–water partition coefficient (Wildman–Crippen LogP) is 10.1. The largest absolute Gasteiger partial charge is 0.399 e. The van der Waals surface area contributed by atoms with Gasteiger partial charge in [-0.2, -0.15) is 0 Å². The van der Waals surface area contributed by atoms with Crippen LogP contribution in [0.25, 0.3) is 33.4 Å². The average molecular weight is 570 g/mol. The number of nitrogens with zero attached hydrogens (tertiary/aromatic N) is 1. The molecule has 6 aromatic rings. The smallest absolute Gasteiger partial charge is 0.0502 e. The van der Waals surface area contributed by atoms with Crippen LogP contribution >= 0.6 is 0 Å². The Balaban J connectivity index is 1.38. The normalized spacial score (nSPS) is 14.3. The van der Waals surface area contributed by atoms with Gasteiger partial charge < -0.3 is 16.4 Å². The maximum Gasteiger partial charge on any atom is 0.0502 e. The highest BCUT2D eigenvalue weighted by Gasteiger charge is 2.36. The van der Waals surface area contributed by atoms with Crippen molar-refractivity contribution in [3.05, 3.63) is 150 Å². The third-order valence-electron chi connectivity index (χ3n) is 9.66. The van der Waals surface area contributed by atoms with Gasteiger partial charge in [0.2, 0.25) is 0 Å². The molecule has 3 nitrogen and oxygen atoms in total. The molecule has 0 aromatic heterocycles. The van der Waals surface area contributed by atoms with Gasteiger partial charge in [-0.15, -0.1) is 0 Å². The number of rotatable bonds is 1. The zero-order valence-corrected chi connectivity index (χ0v) is 25.1. The van der Waals surface area contributed by atoms with Gasteiger partial charge in [0.05, 0.1) is 11.4 Å². The van der Waals surface area contributed by atoms with E-state index in [2.05, 4.69) is 140 Å². The van der Waals surface area contributed by atoms with E-state index in [1.807, 2.05) is 6.07 Å². The Bertz CT molecular complexity index is 2040. The Kier molecular flexibility index (Phi) is 5.92. The summed E-state index contributed by atoms with van der Waals surface area (Å²) in [6.07, 6.45) is 1.66. The molecule has 1 aliphatic heterocycles. The second-order valence-corrected chi connectivity index (χ2v) is 12.6. The molecule has 0 radical (unpaired) electrons. The van der Waals surface area contributed by atoms with Gasteiger partial charge in [0.25, 0.3) is 0 Å². The van der Waals surface area contributed by atoms with Gasteiger partial charge in [-0.05, 0) is 105 Å². The number of benzene rings is 6. The quantitative estimate of drug-likeness (QED) is 0.194. The summed E-state index contributed by atoms with van der Waals surface area (Å²) in [4.78, 5) is 2.44. The van der Waals surface area contributed by atoms with Crippen LogP contribution in [0.5, 0.6) is 0 Å². The van der Waals surface area contributed by atoms with Crippen molar-refractivity contribution >= 4 is 28.4 Å². The van der Waals surface area contributed by atoms with E-state index in [9.17, 15) is 0 Å². The molecule has 0 saturated carbocycles. The van der Waals surface area contributed by atoms with Crippen molar-refractivity contribution in [1.82, 2.24) is 0 Å². The lowest BCUT2D eigenvalue weighted by Gasteiger charge is -2.42. The standard InChI is InChI=1S/C41H35N3/c1-41(2)36-15-7-9-17-39(36)44(40-18-10-8-16-37(40)41)28-20-22-29-26(23-28)19-21-34-35(24-27(42)25-38(34)43)33-14-6-5-13-32(33)31-12-4-3-11-30(29)31/h3-18,20,22-25H,19,21,42-43H2,1-2H3. The number of anilines is 5. The Labute approximate surface area is 259 Å². The van der Waals surface area contributed by atoms with Crippen molar-refractivity contribution < 1.29 is 0 Å². The van der Waals surface area contributed by atoms with Gasteiger partial charge in [-0.1, -0.05) is 105 Å². The molecule has 0 amide bonds. The van der Waals surface area contributed by atoms with Gasteiger partial charge in [0.15, 0.2) is 0 Å². The summed E-state index contributed by atoms with van der Waals surface area (Å²) in [5, 5.41) is 0. The molecule has 1 heterocycles. The molecule has 4 N–H and O–H groups in total. The van der Waals surface area contributed by atoms with Crippen LogP contribution in [-0.2, 0) is 18.3 Å². The fraction of sp³-hybridized carbons (Fsp3) is 0.122. The second-order valence-electron chi connectivity index (χ2n) is 12.6. The Morgan fingerprint density at radius 2 is 1.05 bits per heavy atom. The Morgan fingerprint density at radius 1 is 0.523 bits per heavy atom. The van der Waals surface area contributed by atoms with Crippen molar-refractivity contribution in [3.63, 3.8) is 0 Å². The zero-order chi connectivity index (χ0) is 30.0. The number of nitrogen functional groups attached to an aromatic ring is 2. The van der Waals surface area contributed by atoms with E-state index >= 15 is 0 Å². The maximum atomic E-state index is 6.71. The first-order valence-electron chi connectivity index (χ1n) is 15.4. The number of nitrogens with two attached hydrogens (primary N) is 2. The minimum Gasteiger partial charge on any atom is -0.399 e. The highest BCUT2D eigenvalue weighted by Crippen LogP contribution is 2.52. The first kappa shape index (κ1) is 26.4. The molecule has 0 spiro atoms. The summed E-state index contributed by atoms with van der Waals surface area (Å²) in [7, 11) is 0. The third-order valence-corrected chi connectivity index (χ3v) is 9.66. The molecule has 214 valence electrons. The van der Waals surface area contributed by atoms with Gasteiger partial charge in [0, 0.05) is 22.5 Å². The lowest BCUT2D eigenvalue weighted by atomic mass is 9.73. The van der Waals surface area contributed by atoms with Crippen LogP contribution in [0.4, 0.5) is 28.4 Å². The fourth-order valence-electron chi connectivity index (χ4n) is 7.54. The van der Waals surface area contributed by atoms with E-state index < -0.39 is 0 Å². The molecule has 6 aromatic carbocycles. The lowest BCUT2D eigenvalue weighted by Crippen LogP contribution is -2.30. The molecular weight excluding hydrogens is 534 g/mol. The van der Waals surface area contributed by atoms with Crippen molar-refractivity contribution in [2.75, 3.05) is 16.4 Å². The van der Waals surface area contributed by atoms with Gasteiger partial charge in [-0.3, -0.25) is 0 Å². The van der Waals surface area contributed by atoms with E-state index in [1.54, 1.807) is 0 Å². The molecule has 0 atom stereocenters. The molecule has 2 aliphatic rings. The van der Waals surface area contributed by atoms with E-state index in [0.29, 0.717) is 5.69 Å². The van der Waals surface area contributed by atoms with Crippen molar-refractivity contribution in [2.24, 2.45) is 0 Å². The van der Waals surface area contributed by atoms with Crippen LogP contribution in [0.1, 0.15) is 36.1 Å². The first-order chi connectivity index (χ1) is 21.4. The topological polar surface area (TPSA) is 55.3 Å². The Morgan fingerprint density at radius 3 is 1.66 bits per heavy atom. The average Bonchev–Trinajstić information content (AvgIpc) is 3.04. The van der Waals surface area contributed by atoms with E-state index in [4.69, 9.17) is 11.5 Å². The number of hydrogen-bond acceptors (Lipinski definition) is 3. The summed E-state index contributed by atoms with van der Waals surface area (Å²) in [6.45, 7) is 4.66. The summed E-state index contributed by atoms with van der Waals surface area (Å²) >= 11 is 0. The molecule has 0 fully saturated rings. The van der Waals surface area contributed by atoms with Gasteiger partial charge in [0.1, 0.15) is 0 Å². The van der Waals surface area contributed by atoms with E-state index in [-0.39, 0.29) is 5.41 Å². The highest BCUT2D eigenvalue weighted by molar-refractivity contribution is 5.95. The van der Waals surface area contributed by atoms with Crippen LogP contribution in [0, 0.1) is 0 Å². The van der Waals surface area contributed by atoms with Gasteiger partial charge in [-0.25, -0.2) is 0 Å². The number of hydrogen-bond donors (Lipinski definition) is 2. The number of para-hydroxylation sites is 2. The van der Waals surface area contributed by atoms with E-state index in [0.717, 1.165) is 35.2 Å². The second kappa shape index (κ2) is 9.89. The van der Waals surface area contributed by atoms with Crippen LogP contribution in [0.15, 0.2) is 127 Å². The summed E-state index contributed by atoms with van der Waals surface area (Å²) in [6, 6.07) is 46.1. The third kappa shape index (κ3) is 3.96. The molecule has 3 heteroatoms. The van der Waals surface area contributed by atoms with Crippen molar-refractivity contribution in [2.45, 2.75) is 32.1 Å². The summed E-state index contributed by atoms with van der Waals surface area (Å²) < 4.78 is 0. The molecule has 0 saturated heterocycles. The molecule has 0 unspecified atom stereocenters. The maximum absolute atomic E-state index is 6.71. The predicted molar refractivity (Wildman–Crippen MR) is 186 cm³/mol. The summed E-state index contributed by atoms with van der Waals surface area (Å²) in [5.41, 5.74) is 30.4. The number of aryl methyl sites for hydroxylation is 1. The molecular formula is C41H35N3. The minimum atomic E-state index is -0.0983. The number of fused-ring (bicyclic) bond motifs is 9. The summed E-state index contributed by atoms with van der Waals surface area (Å²) in [5.74, 6) is 0. The molecule has 44 heavy (non-hydrogen) atoms. The molecule has 1 aliphatic carbocycles. The van der Waals surface area contributed by atoms with Crippen molar-refractivity contribution in [3.8, 4) is 33.4 Å². The molecule has 0 bridgehead atoms. The van der Waals surface area contributed by atoms with Gasteiger partial charge >= 0.3 is 0 Å². The molecule has 8 rings (SSSR count). The monoisotopic (exact) mass is 569 g/mol. The van der Waals surface area contributed by atoms with Crippen LogP contribution in [0.3, 0.4) is 0 Å². The zero-order valence-electron chi connectivity index (χ0n) is 25.1. The SMILES string of the molecule is CC1(C)c2ccccc2N(c2ccc3c(c2)CCc2c(N)cc(N)cc2-c2ccccc2-c2ccccc2-3)c2ccccc21. The van der Waals surface area contributed by atoms with Crippen LogP contribution < -0.4 is 16.4 Å². The fourth-order valence-corrected chi connectivity index (χ4v) is 7.54. The van der Waals surface area contributed by atoms with Crippen LogP contribution in [0.2, 0.25) is 0 Å². The first-order valence-corrected chi connectivity index (χ1v) is 15.4. The van der Waals surface area contributed by atoms with E-state index in [1.165, 1.54) is 56.0 Å². The lowest BCUT2D eigenvalue weighted by molar-refractivity contribution is 0.632. The highest BCUT2D eigenvalue weighted by atomic mass is 15.2.